The number of thioether (sulfide) groups is 1. The largest absolute Gasteiger partial charge is 0.492 e. The Morgan fingerprint density at radius 1 is 1.41 bits per heavy atom. The molecule has 0 amide bonds. The fraction of sp³-hybridized carbons (Fsp3) is 0.462. The maximum Gasteiger partial charge on any atom is 0.133 e. The summed E-state index contributed by atoms with van der Waals surface area (Å²) >= 11 is 1.81. The maximum absolute atomic E-state index is 9.19. The van der Waals surface area contributed by atoms with Gasteiger partial charge < -0.3 is 10.1 Å². The summed E-state index contributed by atoms with van der Waals surface area (Å²) in [6.45, 7) is 0.784. The first-order valence-electron chi connectivity index (χ1n) is 5.90. The summed E-state index contributed by atoms with van der Waals surface area (Å²) < 4.78 is 5.56. The zero-order valence-corrected chi connectivity index (χ0v) is 10.3. The van der Waals surface area contributed by atoms with E-state index in [0.717, 1.165) is 43.1 Å². The second-order valence-electron chi connectivity index (χ2n) is 4.53. The van der Waals surface area contributed by atoms with Gasteiger partial charge in [0.25, 0.3) is 0 Å². The minimum Gasteiger partial charge on any atom is -0.492 e. The highest BCUT2D eigenvalue weighted by atomic mass is 32.2. The Bertz CT molecular complexity index is 477. The predicted molar refractivity (Wildman–Crippen MR) is 68.5 cm³/mol. The topological polar surface area (TPSA) is 45.0 Å². The molecule has 0 radical (unpaired) electrons. The summed E-state index contributed by atoms with van der Waals surface area (Å²) in [5.41, 5.74) is 0.706. The number of hydrogen-bond acceptors (Lipinski definition) is 4. The van der Waals surface area contributed by atoms with Gasteiger partial charge in [-0.05, 0) is 37.5 Å². The number of nitrogens with one attached hydrogen (secondary N) is 1. The quantitative estimate of drug-likeness (QED) is 0.871. The molecule has 1 N–H and O–H groups in total. The molecule has 0 aromatic heterocycles. The van der Waals surface area contributed by atoms with Crippen LogP contribution in [0.2, 0.25) is 0 Å². The molecule has 2 aliphatic rings. The number of benzene rings is 1. The summed E-state index contributed by atoms with van der Waals surface area (Å²) in [4.78, 5) is 1.17. The number of nitriles is 1. The third kappa shape index (κ3) is 1.96. The van der Waals surface area contributed by atoms with Crippen molar-refractivity contribution in [2.45, 2.75) is 29.7 Å². The molecule has 1 heterocycles. The highest BCUT2D eigenvalue weighted by molar-refractivity contribution is 7.99. The van der Waals surface area contributed by atoms with Crippen molar-refractivity contribution in [2.24, 2.45) is 0 Å². The molecule has 0 unspecified atom stereocenters. The second-order valence-corrected chi connectivity index (χ2v) is 5.67. The van der Waals surface area contributed by atoms with Gasteiger partial charge in [0.15, 0.2) is 0 Å². The highest BCUT2D eigenvalue weighted by Crippen LogP contribution is 2.38. The van der Waals surface area contributed by atoms with Crippen LogP contribution in [0.25, 0.3) is 0 Å². The van der Waals surface area contributed by atoms with E-state index in [1.54, 1.807) is 0 Å². The molecule has 1 aliphatic heterocycles. The van der Waals surface area contributed by atoms with Crippen LogP contribution in [0, 0.1) is 11.3 Å². The molecule has 88 valence electrons. The van der Waals surface area contributed by atoms with Crippen molar-refractivity contribution in [1.29, 1.82) is 5.26 Å². The van der Waals surface area contributed by atoms with Crippen molar-refractivity contribution in [3.63, 3.8) is 0 Å². The van der Waals surface area contributed by atoms with Crippen LogP contribution in [0.4, 0.5) is 5.69 Å². The van der Waals surface area contributed by atoms with Gasteiger partial charge in [-0.3, -0.25) is 0 Å². The molecule has 3 nitrogen and oxygen atoms in total. The first-order chi connectivity index (χ1) is 8.31. The smallest absolute Gasteiger partial charge is 0.133 e. The van der Waals surface area contributed by atoms with Crippen molar-refractivity contribution in [3.8, 4) is 11.8 Å². The highest BCUT2D eigenvalue weighted by Gasteiger charge is 2.37. The van der Waals surface area contributed by atoms with Crippen molar-refractivity contribution in [2.75, 3.05) is 17.7 Å². The Kier molecular flexibility index (Phi) is 2.64. The van der Waals surface area contributed by atoms with Crippen LogP contribution in [0.1, 0.15) is 19.3 Å². The van der Waals surface area contributed by atoms with E-state index in [0.29, 0.717) is 0 Å². The molecule has 0 spiro atoms. The fourth-order valence-electron chi connectivity index (χ4n) is 2.19. The van der Waals surface area contributed by atoms with Crippen LogP contribution in [0.5, 0.6) is 5.75 Å². The third-order valence-electron chi connectivity index (χ3n) is 3.35. The zero-order valence-electron chi connectivity index (χ0n) is 9.53. The van der Waals surface area contributed by atoms with E-state index in [-0.39, 0.29) is 5.54 Å². The molecule has 17 heavy (non-hydrogen) atoms. The first kappa shape index (κ1) is 10.8. The van der Waals surface area contributed by atoms with Crippen LogP contribution in [0.15, 0.2) is 23.1 Å². The molecule has 4 heteroatoms. The standard InChI is InChI=1S/C13H14N2OS/c14-9-13(4-1-5-13)15-10-2-3-11-12(8-10)17-7-6-16-11/h2-3,8,15H,1,4-7H2. The van der Waals surface area contributed by atoms with Crippen LogP contribution < -0.4 is 10.1 Å². The van der Waals surface area contributed by atoms with E-state index >= 15 is 0 Å². The fourth-order valence-corrected chi connectivity index (χ4v) is 3.06. The lowest BCUT2D eigenvalue weighted by Gasteiger charge is -2.37. The molecule has 1 aromatic rings. The Balaban J connectivity index is 1.82. The van der Waals surface area contributed by atoms with Gasteiger partial charge in [0.2, 0.25) is 0 Å². The normalized spacial score (nSPS) is 20.4. The van der Waals surface area contributed by atoms with Crippen LogP contribution >= 0.6 is 11.8 Å². The Hall–Kier alpha value is -1.34. The minimum atomic E-state index is -0.325. The Morgan fingerprint density at radius 2 is 2.29 bits per heavy atom. The van der Waals surface area contributed by atoms with Crippen LogP contribution in [0.3, 0.4) is 0 Å². The predicted octanol–water partition coefficient (Wildman–Crippen LogP) is 3.03. The summed E-state index contributed by atoms with van der Waals surface area (Å²) in [5.74, 6) is 1.96. The Labute approximate surface area is 105 Å². The lowest BCUT2D eigenvalue weighted by atomic mass is 9.78. The summed E-state index contributed by atoms with van der Waals surface area (Å²) in [5, 5.41) is 12.6. The van der Waals surface area contributed by atoms with E-state index in [1.807, 2.05) is 23.9 Å². The number of anilines is 1. The number of hydrogen-bond donors (Lipinski definition) is 1. The van der Waals surface area contributed by atoms with E-state index < -0.39 is 0 Å². The lowest BCUT2D eigenvalue weighted by Crippen LogP contribution is -2.43. The number of ether oxygens (including phenoxy) is 1. The van der Waals surface area contributed by atoms with E-state index in [2.05, 4.69) is 17.5 Å². The van der Waals surface area contributed by atoms with Gasteiger partial charge in [0.05, 0.1) is 17.6 Å². The van der Waals surface area contributed by atoms with E-state index in [4.69, 9.17) is 4.74 Å². The molecule has 1 aliphatic carbocycles. The van der Waals surface area contributed by atoms with Crippen molar-refractivity contribution < 1.29 is 4.74 Å². The average Bonchev–Trinajstić information content (AvgIpc) is 2.34. The van der Waals surface area contributed by atoms with Gasteiger partial charge in [-0.2, -0.15) is 5.26 Å². The monoisotopic (exact) mass is 246 g/mol. The SMILES string of the molecule is N#CC1(Nc2ccc3c(c2)SCCO3)CCC1. The lowest BCUT2D eigenvalue weighted by molar-refractivity contribution is 0.329. The van der Waals surface area contributed by atoms with Gasteiger partial charge >= 0.3 is 0 Å². The zero-order chi connectivity index (χ0) is 11.7. The number of nitrogens with zero attached hydrogens (tertiary/aromatic N) is 1. The average molecular weight is 246 g/mol. The second kappa shape index (κ2) is 4.15. The number of fused-ring (bicyclic) bond motifs is 1. The molecule has 0 bridgehead atoms. The van der Waals surface area contributed by atoms with Crippen molar-refractivity contribution in [1.82, 2.24) is 0 Å². The van der Waals surface area contributed by atoms with Crippen molar-refractivity contribution >= 4 is 17.4 Å². The molecule has 1 fully saturated rings. The molecule has 3 rings (SSSR count). The van der Waals surface area contributed by atoms with Crippen molar-refractivity contribution in [3.05, 3.63) is 18.2 Å². The van der Waals surface area contributed by atoms with Gasteiger partial charge in [0.1, 0.15) is 11.3 Å². The van der Waals surface area contributed by atoms with E-state index in [1.165, 1.54) is 4.90 Å². The summed E-state index contributed by atoms with van der Waals surface area (Å²) in [7, 11) is 0. The molecule has 1 aromatic carbocycles. The van der Waals surface area contributed by atoms with E-state index in [9.17, 15) is 5.26 Å². The van der Waals surface area contributed by atoms with Gasteiger partial charge in [-0.15, -0.1) is 11.8 Å². The third-order valence-corrected chi connectivity index (χ3v) is 4.35. The molecule has 0 atom stereocenters. The maximum atomic E-state index is 9.19. The molecule has 0 saturated heterocycles. The van der Waals surface area contributed by atoms with Gasteiger partial charge in [-0.25, -0.2) is 0 Å². The summed E-state index contributed by atoms with van der Waals surface area (Å²) in [6.07, 6.45) is 3.04. The Morgan fingerprint density at radius 3 is 3.00 bits per heavy atom. The molecule has 1 saturated carbocycles. The number of rotatable bonds is 2. The van der Waals surface area contributed by atoms with Gasteiger partial charge in [-0.1, -0.05) is 0 Å². The van der Waals surface area contributed by atoms with Gasteiger partial charge in [0, 0.05) is 11.4 Å². The summed E-state index contributed by atoms with van der Waals surface area (Å²) in [6, 6.07) is 8.48. The van der Waals surface area contributed by atoms with Crippen LogP contribution in [-0.4, -0.2) is 17.9 Å². The van der Waals surface area contributed by atoms with Crippen LogP contribution in [-0.2, 0) is 0 Å². The minimum absolute atomic E-state index is 0.325. The molecular formula is C13H14N2OS. The first-order valence-corrected chi connectivity index (χ1v) is 6.89. The molecular weight excluding hydrogens is 232 g/mol.